The average molecular weight is 331 g/mol. The number of nitrogens with zero attached hydrogens (tertiary/aromatic N) is 1. The molecule has 0 bridgehead atoms. The van der Waals surface area contributed by atoms with Crippen LogP contribution in [-0.4, -0.2) is 30.1 Å². The van der Waals surface area contributed by atoms with Crippen molar-refractivity contribution in [2.24, 2.45) is 0 Å². The van der Waals surface area contributed by atoms with E-state index in [0.29, 0.717) is 4.90 Å². The van der Waals surface area contributed by atoms with Crippen LogP contribution in [0.1, 0.15) is 5.76 Å². The van der Waals surface area contributed by atoms with E-state index in [9.17, 15) is 22.4 Å². The lowest BCUT2D eigenvalue weighted by molar-refractivity contribution is -0.164. The molecule has 0 unspecified atom stereocenters. The summed E-state index contributed by atoms with van der Waals surface area (Å²) >= 11 is 0. The van der Waals surface area contributed by atoms with E-state index in [1.165, 1.54) is 30.5 Å². The molecular formula is C15H13F4NO3. The molecule has 0 N–H and O–H groups in total. The minimum atomic E-state index is -4.54. The van der Waals surface area contributed by atoms with Crippen LogP contribution in [0.5, 0.6) is 5.75 Å². The summed E-state index contributed by atoms with van der Waals surface area (Å²) in [7, 11) is 0. The van der Waals surface area contributed by atoms with Gasteiger partial charge in [-0.3, -0.25) is 4.79 Å². The van der Waals surface area contributed by atoms with Gasteiger partial charge in [0.1, 0.15) is 23.9 Å². The number of halogens is 4. The fourth-order valence-electron chi connectivity index (χ4n) is 1.81. The molecule has 1 aromatic heterocycles. The molecule has 0 saturated carbocycles. The SMILES string of the molecule is O=C(COc1ccc(F)cc1)N(Cc1ccco1)CC(F)(F)F. The first-order valence-corrected chi connectivity index (χ1v) is 6.59. The molecule has 0 aliphatic rings. The van der Waals surface area contributed by atoms with Crippen molar-refractivity contribution in [1.82, 2.24) is 4.90 Å². The molecule has 0 spiro atoms. The maximum Gasteiger partial charge on any atom is 0.406 e. The molecule has 0 fully saturated rings. The summed E-state index contributed by atoms with van der Waals surface area (Å²) in [6, 6.07) is 7.79. The standard InChI is InChI=1S/C15H13F4NO3/c16-11-3-5-12(6-4-11)23-9-14(21)20(10-15(17,18)19)8-13-2-1-7-22-13/h1-7H,8-10H2. The fourth-order valence-corrected chi connectivity index (χ4v) is 1.81. The molecule has 8 heteroatoms. The Bertz CT molecular complexity index is 623. The average Bonchev–Trinajstić information content (AvgIpc) is 2.97. The van der Waals surface area contributed by atoms with E-state index in [2.05, 4.69) is 0 Å². The lowest BCUT2D eigenvalue weighted by Gasteiger charge is -2.23. The van der Waals surface area contributed by atoms with Gasteiger partial charge in [-0.2, -0.15) is 13.2 Å². The molecule has 0 radical (unpaired) electrons. The Hall–Kier alpha value is -2.51. The molecule has 0 aliphatic heterocycles. The summed E-state index contributed by atoms with van der Waals surface area (Å²) in [4.78, 5) is 12.6. The fraction of sp³-hybridized carbons (Fsp3) is 0.267. The highest BCUT2D eigenvalue weighted by molar-refractivity contribution is 5.77. The van der Waals surface area contributed by atoms with Gasteiger partial charge in [0.2, 0.25) is 0 Å². The van der Waals surface area contributed by atoms with Crippen LogP contribution < -0.4 is 4.74 Å². The smallest absolute Gasteiger partial charge is 0.406 e. The summed E-state index contributed by atoms with van der Waals surface area (Å²) in [6.45, 7) is -2.33. The van der Waals surface area contributed by atoms with Gasteiger partial charge in [0.25, 0.3) is 5.91 Å². The number of hydrogen-bond acceptors (Lipinski definition) is 3. The number of furan rings is 1. The van der Waals surface area contributed by atoms with Gasteiger partial charge in [0.15, 0.2) is 6.61 Å². The largest absolute Gasteiger partial charge is 0.484 e. The second-order valence-corrected chi connectivity index (χ2v) is 4.69. The maximum absolute atomic E-state index is 12.7. The predicted molar refractivity (Wildman–Crippen MR) is 72.1 cm³/mol. The monoisotopic (exact) mass is 331 g/mol. The first kappa shape index (κ1) is 16.9. The van der Waals surface area contributed by atoms with Crippen LogP contribution in [0.2, 0.25) is 0 Å². The number of carbonyl (C=O) groups excluding carboxylic acids is 1. The van der Waals surface area contributed by atoms with Crippen LogP contribution in [-0.2, 0) is 11.3 Å². The molecule has 2 rings (SSSR count). The molecule has 1 heterocycles. The third-order valence-corrected chi connectivity index (χ3v) is 2.83. The van der Waals surface area contributed by atoms with Crippen LogP contribution in [0.25, 0.3) is 0 Å². The third kappa shape index (κ3) is 5.65. The van der Waals surface area contributed by atoms with Gasteiger partial charge >= 0.3 is 6.18 Å². The highest BCUT2D eigenvalue weighted by Gasteiger charge is 2.33. The molecule has 0 aliphatic carbocycles. The van der Waals surface area contributed by atoms with Gasteiger partial charge in [-0.15, -0.1) is 0 Å². The Balaban J connectivity index is 1.98. The second-order valence-electron chi connectivity index (χ2n) is 4.69. The minimum absolute atomic E-state index is 0.185. The first-order chi connectivity index (χ1) is 10.8. The molecule has 1 aromatic carbocycles. The Morgan fingerprint density at radius 2 is 1.87 bits per heavy atom. The highest BCUT2D eigenvalue weighted by Crippen LogP contribution is 2.19. The van der Waals surface area contributed by atoms with Crippen LogP contribution in [0.3, 0.4) is 0 Å². The number of ether oxygens (including phenoxy) is 1. The van der Waals surface area contributed by atoms with Gasteiger partial charge < -0.3 is 14.1 Å². The normalized spacial score (nSPS) is 11.3. The first-order valence-electron chi connectivity index (χ1n) is 6.59. The Morgan fingerprint density at radius 3 is 2.43 bits per heavy atom. The topological polar surface area (TPSA) is 42.7 Å². The van der Waals surface area contributed by atoms with E-state index in [4.69, 9.17) is 9.15 Å². The van der Waals surface area contributed by atoms with E-state index >= 15 is 0 Å². The summed E-state index contributed by atoms with van der Waals surface area (Å²) < 4.78 is 60.6. The zero-order valence-corrected chi connectivity index (χ0v) is 11.8. The van der Waals surface area contributed by atoms with Crippen molar-refractivity contribution >= 4 is 5.91 Å². The van der Waals surface area contributed by atoms with Crippen molar-refractivity contribution in [3.05, 3.63) is 54.2 Å². The van der Waals surface area contributed by atoms with Gasteiger partial charge in [-0.25, -0.2) is 4.39 Å². The van der Waals surface area contributed by atoms with E-state index in [1.807, 2.05) is 0 Å². The number of amides is 1. The lowest BCUT2D eigenvalue weighted by Crippen LogP contribution is -2.40. The molecule has 2 aromatic rings. The quantitative estimate of drug-likeness (QED) is 0.762. The highest BCUT2D eigenvalue weighted by atomic mass is 19.4. The minimum Gasteiger partial charge on any atom is -0.484 e. The number of alkyl halides is 3. The molecule has 4 nitrogen and oxygen atoms in total. The number of benzene rings is 1. The maximum atomic E-state index is 12.7. The Labute approximate surface area is 129 Å². The van der Waals surface area contributed by atoms with E-state index in [-0.39, 0.29) is 18.1 Å². The Morgan fingerprint density at radius 1 is 1.17 bits per heavy atom. The summed E-state index contributed by atoms with van der Waals surface area (Å²) in [5.74, 6) is -0.933. The summed E-state index contributed by atoms with van der Waals surface area (Å²) in [5, 5.41) is 0. The number of rotatable bonds is 6. The third-order valence-electron chi connectivity index (χ3n) is 2.83. The summed E-state index contributed by atoms with van der Waals surface area (Å²) in [5.41, 5.74) is 0. The lowest BCUT2D eigenvalue weighted by atomic mass is 10.3. The van der Waals surface area contributed by atoms with Gasteiger partial charge in [-0.05, 0) is 36.4 Å². The molecule has 1 amide bonds. The van der Waals surface area contributed by atoms with Gasteiger partial charge in [-0.1, -0.05) is 0 Å². The zero-order valence-electron chi connectivity index (χ0n) is 11.8. The van der Waals surface area contributed by atoms with E-state index in [0.717, 1.165) is 12.1 Å². The molecule has 124 valence electrons. The van der Waals surface area contributed by atoms with Crippen molar-refractivity contribution < 1.29 is 31.5 Å². The van der Waals surface area contributed by atoms with Crippen molar-refractivity contribution in [2.75, 3.05) is 13.2 Å². The molecule has 0 saturated heterocycles. The predicted octanol–water partition coefficient (Wildman–Crippen LogP) is 3.39. The van der Waals surface area contributed by atoms with Crippen molar-refractivity contribution in [2.45, 2.75) is 12.7 Å². The zero-order chi connectivity index (χ0) is 16.9. The van der Waals surface area contributed by atoms with Gasteiger partial charge in [0, 0.05) is 0 Å². The molecule has 0 atom stereocenters. The summed E-state index contributed by atoms with van der Waals surface area (Å²) in [6.07, 6.45) is -3.24. The van der Waals surface area contributed by atoms with Crippen LogP contribution in [0, 0.1) is 5.82 Å². The van der Waals surface area contributed by atoms with Crippen LogP contribution >= 0.6 is 0 Å². The molecular weight excluding hydrogens is 318 g/mol. The van der Waals surface area contributed by atoms with Crippen molar-refractivity contribution in [3.8, 4) is 5.75 Å². The van der Waals surface area contributed by atoms with E-state index in [1.54, 1.807) is 0 Å². The van der Waals surface area contributed by atoms with Crippen LogP contribution in [0.15, 0.2) is 47.1 Å². The molecule has 23 heavy (non-hydrogen) atoms. The Kier molecular flexibility index (Phi) is 5.25. The van der Waals surface area contributed by atoms with Crippen molar-refractivity contribution in [1.29, 1.82) is 0 Å². The number of hydrogen-bond donors (Lipinski definition) is 0. The van der Waals surface area contributed by atoms with E-state index < -0.39 is 31.1 Å². The van der Waals surface area contributed by atoms with Crippen LogP contribution in [0.4, 0.5) is 17.6 Å². The second kappa shape index (κ2) is 7.17. The van der Waals surface area contributed by atoms with Gasteiger partial charge in [0.05, 0.1) is 12.8 Å². The van der Waals surface area contributed by atoms with Crippen molar-refractivity contribution in [3.63, 3.8) is 0 Å². The number of carbonyl (C=O) groups is 1.